The molecule has 0 aromatic rings. The van der Waals surface area contributed by atoms with Gasteiger partial charge in [-0.1, -0.05) is 38.5 Å². The highest BCUT2D eigenvalue weighted by molar-refractivity contribution is 7.89. The highest BCUT2D eigenvalue weighted by Crippen LogP contribution is 2.27. The summed E-state index contributed by atoms with van der Waals surface area (Å²) >= 11 is 0. The second-order valence-corrected chi connectivity index (χ2v) is 8.39. The van der Waals surface area contributed by atoms with E-state index in [1.807, 2.05) is 0 Å². The monoisotopic (exact) mass is 317 g/mol. The van der Waals surface area contributed by atoms with Crippen LogP contribution in [0.2, 0.25) is 0 Å². The Kier molecular flexibility index (Phi) is 6.05. The quantitative estimate of drug-likeness (QED) is 0.763. The lowest BCUT2D eigenvalue weighted by atomic mass is 9.91. The van der Waals surface area contributed by atoms with Crippen LogP contribution in [0.25, 0.3) is 0 Å². The molecule has 6 heteroatoms. The van der Waals surface area contributed by atoms with Crippen molar-refractivity contribution in [2.24, 2.45) is 11.8 Å². The van der Waals surface area contributed by atoms with E-state index in [1.54, 1.807) is 0 Å². The highest BCUT2D eigenvalue weighted by atomic mass is 32.2. The highest BCUT2D eigenvalue weighted by Gasteiger charge is 2.33. The number of aliphatic carboxylic acids is 1. The van der Waals surface area contributed by atoms with Crippen LogP contribution in [-0.2, 0) is 14.8 Å². The van der Waals surface area contributed by atoms with Gasteiger partial charge in [0.25, 0.3) is 0 Å². The molecular formula is C15H27NO4S. The van der Waals surface area contributed by atoms with Crippen LogP contribution in [-0.4, -0.2) is 31.3 Å². The Morgan fingerprint density at radius 2 is 1.52 bits per heavy atom. The zero-order chi connectivity index (χ0) is 15.3. The lowest BCUT2D eigenvalue weighted by Gasteiger charge is -2.26. The predicted molar refractivity (Wildman–Crippen MR) is 81.5 cm³/mol. The molecule has 2 aliphatic rings. The molecule has 0 heterocycles. The van der Waals surface area contributed by atoms with Gasteiger partial charge in [0, 0.05) is 6.04 Å². The van der Waals surface area contributed by atoms with Crippen LogP contribution in [0.4, 0.5) is 0 Å². The zero-order valence-corrected chi connectivity index (χ0v) is 13.4. The summed E-state index contributed by atoms with van der Waals surface area (Å²) in [4.78, 5) is 11.4. The molecule has 0 radical (unpaired) electrons. The SMILES string of the molecule is O=C(O)C1CCCCCC1NS(=O)(=O)CC1CCCCC1. The van der Waals surface area contributed by atoms with Crippen LogP contribution in [0.15, 0.2) is 0 Å². The van der Waals surface area contributed by atoms with E-state index in [0.717, 1.165) is 44.9 Å². The van der Waals surface area contributed by atoms with Gasteiger partial charge in [-0.15, -0.1) is 0 Å². The number of sulfonamides is 1. The smallest absolute Gasteiger partial charge is 0.308 e. The van der Waals surface area contributed by atoms with E-state index in [2.05, 4.69) is 4.72 Å². The Labute approximate surface area is 127 Å². The van der Waals surface area contributed by atoms with E-state index >= 15 is 0 Å². The van der Waals surface area contributed by atoms with E-state index < -0.39 is 28.0 Å². The van der Waals surface area contributed by atoms with Crippen molar-refractivity contribution in [2.75, 3.05) is 5.75 Å². The first-order chi connectivity index (χ1) is 9.98. The maximum Gasteiger partial charge on any atom is 0.308 e. The number of nitrogens with one attached hydrogen (secondary N) is 1. The average Bonchev–Trinajstić information content (AvgIpc) is 2.64. The van der Waals surface area contributed by atoms with E-state index in [9.17, 15) is 18.3 Å². The summed E-state index contributed by atoms with van der Waals surface area (Å²) in [5.41, 5.74) is 0. The third-order valence-electron chi connectivity index (χ3n) is 4.84. The van der Waals surface area contributed by atoms with E-state index in [1.165, 1.54) is 6.42 Å². The van der Waals surface area contributed by atoms with Gasteiger partial charge in [-0.25, -0.2) is 13.1 Å². The average molecular weight is 317 g/mol. The van der Waals surface area contributed by atoms with Crippen molar-refractivity contribution in [1.82, 2.24) is 4.72 Å². The van der Waals surface area contributed by atoms with Crippen molar-refractivity contribution in [3.8, 4) is 0 Å². The summed E-state index contributed by atoms with van der Waals surface area (Å²) in [5, 5.41) is 9.32. The summed E-state index contributed by atoms with van der Waals surface area (Å²) in [5.74, 6) is -1.04. The molecule has 5 nitrogen and oxygen atoms in total. The van der Waals surface area contributed by atoms with Crippen LogP contribution >= 0.6 is 0 Å². The lowest BCUT2D eigenvalue weighted by Crippen LogP contribution is -2.44. The first-order valence-corrected chi connectivity index (χ1v) is 9.86. The van der Waals surface area contributed by atoms with Crippen LogP contribution in [0.5, 0.6) is 0 Å². The minimum absolute atomic E-state index is 0.163. The third kappa shape index (κ3) is 5.25. The van der Waals surface area contributed by atoms with Crippen molar-refractivity contribution in [3.05, 3.63) is 0 Å². The van der Waals surface area contributed by atoms with Crippen molar-refractivity contribution in [2.45, 2.75) is 70.3 Å². The van der Waals surface area contributed by atoms with E-state index in [-0.39, 0.29) is 11.7 Å². The molecule has 0 saturated heterocycles. The summed E-state index contributed by atoms with van der Waals surface area (Å²) in [6.45, 7) is 0. The first kappa shape index (κ1) is 16.7. The Morgan fingerprint density at radius 1 is 0.952 bits per heavy atom. The zero-order valence-electron chi connectivity index (χ0n) is 12.6. The van der Waals surface area contributed by atoms with Crippen molar-refractivity contribution < 1.29 is 18.3 Å². The second kappa shape index (κ2) is 7.58. The Hall–Kier alpha value is -0.620. The van der Waals surface area contributed by atoms with Crippen molar-refractivity contribution in [1.29, 1.82) is 0 Å². The van der Waals surface area contributed by atoms with Gasteiger partial charge in [0.1, 0.15) is 0 Å². The number of hydrogen-bond donors (Lipinski definition) is 2. The van der Waals surface area contributed by atoms with Crippen molar-refractivity contribution >= 4 is 16.0 Å². The summed E-state index contributed by atoms with van der Waals surface area (Å²) in [7, 11) is -3.38. The molecule has 0 aliphatic heterocycles. The lowest BCUT2D eigenvalue weighted by molar-refractivity contribution is -0.142. The van der Waals surface area contributed by atoms with Gasteiger partial charge in [0.15, 0.2) is 0 Å². The fourth-order valence-electron chi connectivity index (χ4n) is 3.69. The van der Waals surface area contributed by atoms with Gasteiger partial charge in [0.2, 0.25) is 10.0 Å². The summed E-state index contributed by atoms with van der Waals surface area (Å²) < 4.78 is 27.4. The van der Waals surface area contributed by atoms with Crippen LogP contribution in [0.1, 0.15) is 64.2 Å². The van der Waals surface area contributed by atoms with Crippen molar-refractivity contribution in [3.63, 3.8) is 0 Å². The fourth-order valence-corrected chi connectivity index (χ4v) is 5.48. The second-order valence-electron chi connectivity index (χ2n) is 6.59. The van der Waals surface area contributed by atoms with Gasteiger partial charge in [-0.05, 0) is 31.6 Å². The summed E-state index contributed by atoms with van der Waals surface area (Å²) in [6.07, 6.45) is 9.37. The number of carboxylic acids is 1. The maximum absolute atomic E-state index is 12.3. The molecule has 0 amide bonds. The standard InChI is InChI=1S/C15H27NO4S/c17-15(18)13-9-5-2-6-10-14(13)16-21(19,20)11-12-7-3-1-4-8-12/h12-14,16H,1-11H2,(H,17,18). The number of carboxylic acid groups (broad SMARTS) is 1. The molecule has 2 N–H and O–H groups in total. The third-order valence-corrected chi connectivity index (χ3v) is 6.42. The molecule has 2 aliphatic carbocycles. The molecule has 2 atom stereocenters. The number of hydrogen-bond acceptors (Lipinski definition) is 3. The Bertz CT molecular complexity index is 443. The Balaban J connectivity index is 1.97. The molecule has 0 aromatic carbocycles. The van der Waals surface area contributed by atoms with Crippen LogP contribution in [0.3, 0.4) is 0 Å². The van der Waals surface area contributed by atoms with Gasteiger partial charge in [0.05, 0.1) is 11.7 Å². The van der Waals surface area contributed by atoms with Gasteiger partial charge in [-0.3, -0.25) is 4.79 Å². The molecule has 2 fully saturated rings. The largest absolute Gasteiger partial charge is 0.481 e. The number of carbonyl (C=O) groups is 1. The van der Waals surface area contributed by atoms with Gasteiger partial charge in [-0.2, -0.15) is 0 Å². The fraction of sp³-hybridized carbons (Fsp3) is 0.933. The minimum Gasteiger partial charge on any atom is -0.481 e. The van der Waals surface area contributed by atoms with E-state index in [0.29, 0.717) is 12.8 Å². The molecule has 122 valence electrons. The molecule has 2 rings (SSSR count). The topological polar surface area (TPSA) is 83.5 Å². The molecule has 0 aromatic heterocycles. The van der Waals surface area contributed by atoms with Crippen LogP contribution < -0.4 is 4.72 Å². The predicted octanol–water partition coefficient (Wildman–Crippen LogP) is 2.52. The van der Waals surface area contributed by atoms with Crippen LogP contribution in [0, 0.1) is 11.8 Å². The van der Waals surface area contributed by atoms with E-state index in [4.69, 9.17) is 0 Å². The first-order valence-electron chi connectivity index (χ1n) is 8.21. The molecule has 21 heavy (non-hydrogen) atoms. The summed E-state index contributed by atoms with van der Waals surface area (Å²) in [6, 6.07) is -0.432. The minimum atomic E-state index is -3.38. The molecule has 0 spiro atoms. The Morgan fingerprint density at radius 3 is 2.14 bits per heavy atom. The maximum atomic E-state index is 12.3. The molecular weight excluding hydrogens is 290 g/mol. The molecule has 2 saturated carbocycles. The normalized spacial score (nSPS) is 29.0. The van der Waals surface area contributed by atoms with Gasteiger partial charge < -0.3 is 5.11 Å². The molecule has 0 bridgehead atoms. The number of rotatable bonds is 5. The molecule has 2 unspecified atom stereocenters. The van der Waals surface area contributed by atoms with Gasteiger partial charge >= 0.3 is 5.97 Å².